The Morgan fingerprint density at radius 2 is 1.61 bits per heavy atom. The monoisotopic (exact) mass is 444 g/mol. The maximum absolute atomic E-state index is 12.4. The van der Waals surface area contributed by atoms with Gasteiger partial charge in [0.2, 0.25) is 11.8 Å². The molecule has 0 radical (unpaired) electrons. The molecule has 0 saturated carbocycles. The van der Waals surface area contributed by atoms with Crippen LogP contribution in [0.15, 0.2) is 66.7 Å². The number of carbonyl (C=O) groups is 2. The first-order valence-electron chi connectivity index (χ1n) is 10.9. The normalized spacial score (nSPS) is 17.2. The molecule has 7 nitrogen and oxygen atoms in total. The number of rotatable bonds is 5. The molecule has 0 aliphatic carbocycles. The molecule has 0 saturated heterocycles. The van der Waals surface area contributed by atoms with E-state index in [1.54, 1.807) is 19.1 Å². The van der Waals surface area contributed by atoms with Crippen LogP contribution in [0.2, 0.25) is 0 Å². The molecule has 2 amide bonds. The SMILES string of the molecule is CC(=O)Nc1cccc(-c2ccc3c(c2)[C@H](Nc2ccc(NO)cc2)C[C@H](C)N3C(C)=O)c1. The second-order valence-corrected chi connectivity index (χ2v) is 8.40. The molecule has 170 valence electrons. The predicted molar refractivity (Wildman–Crippen MR) is 132 cm³/mol. The fourth-order valence-corrected chi connectivity index (χ4v) is 4.48. The summed E-state index contributed by atoms with van der Waals surface area (Å²) in [5, 5.41) is 15.5. The topological polar surface area (TPSA) is 93.7 Å². The first-order chi connectivity index (χ1) is 15.9. The van der Waals surface area contributed by atoms with Gasteiger partial charge in [0.15, 0.2) is 0 Å². The molecular formula is C26H28N4O3. The van der Waals surface area contributed by atoms with Crippen LogP contribution in [0, 0.1) is 0 Å². The molecular weight excluding hydrogens is 416 g/mol. The van der Waals surface area contributed by atoms with E-state index in [2.05, 4.69) is 29.1 Å². The van der Waals surface area contributed by atoms with Crippen molar-refractivity contribution in [3.8, 4) is 11.1 Å². The van der Waals surface area contributed by atoms with Gasteiger partial charge in [0, 0.05) is 37.0 Å². The van der Waals surface area contributed by atoms with Gasteiger partial charge in [0.25, 0.3) is 0 Å². The molecule has 1 aliphatic rings. The largest absolute Gasteiger partial charge is 0.378 e. The van der Waals surface area contributed by atoms with Crippen molar-refractivity contribution in [1.82, 2.24) is 0 Å². The Bertz CT molecular complexity index is 1180. The van der Waals surface area contributed by atoms with Crippen molar-refractivity contribution in [1.29, 1.82) is 0 Å². The Labute approximate surface area is 193 Å². The lowest BCUT2D eigenvalue weighted by atomic mass is 9.89. The maximum atomic E-state index is 12.4. The van der Waals surface area contributed by atoms with Crippen LogP contribution >= 0.6 is 0 Å². The lowest BCUT2D eigenvalue weighted by Crippen LogP contribution is -2.43. The first-order valence-corrected chi connectivity index (χ1v) is 10.9. The van der Waals surface area contributed by atoms with Crippen LogP contribution in [0.1, 0.15) is 38.8 Å². The molecule has 4 N–H and O–H groups in total. The zero-order chi connectivity index (χ0) is 23.5. The molecule has 2 atom stereocenters. The third kappa shape index (κ3) is 4.83. The highest BCUT2D eigenvalue weighted by Crippen LogP contribution is 2.41. The van der Waals surface area contributed by atoms with E-state index in [-0.39, 0.29) is 23.9 Å². The Kier molecular flexibility index (Phi) is 6.33. The van der Waals surface area contributed by atoms with Crippen LogP contribution in [0.5, 0.6) is 0 Å². The highest BCUT2D eigenvalue weighted by molar-refractivity contribution is 5.94. The van der Waals surface area contributed by atoms with Gasteiger partial charge in [-0.3, -0.25) is 20.3 Å². The smallest absolute Gasteiger partial charge is 0.224 e. The number of carbonyl (C=O) groups excluding carboxylic acids is 2. The predicted octanol–water partition coefficient (Wildman–Crippen LogP) is 5.41. The maximum Gasteiger partial charge on any atom is 0.224 e. The quantitative estimate of drug-likeness (QED) is 0.395. The average Bonchev–Trinajstić information content (AvgIpc) is 2.79. The molecule has 0 fully saturated rings. The van der Waals surface area contributed by atoms with E-state index >= 15 is 0 Å². The van der Waals surface area contributed by atoms with Crippen LogP contribution in [-0.4, -0.2) is 23.1 Å². The van der Waals surface area contributed by atoms with Crippen LogP contribution in [-0.2, 0) is 9.59 Å². The van der Waals surface area contributed by atoms with E-state index in [4.69, 9.17) is 5.21 Å². The summed E-state index contributed by atoms with van der Waals surface area (Å²) in [5.74, 6) is -0.101. The molecule has 4 rings (SSSR count). The van der Waals surface area contributed by atoms with Gasteiger partial charge in [-0.1, -0.05) is 18.2 Å². The number of hydrogen-bond donors (Lipinski definition) is 4. The summed E-state index contributed by atoms with van der Waals surface area (Å²) < 4.78 is 0. The third-order valence-electron chi connectivity index (χ3n) is 5.89. The lowest BCUT2D eigenvalue weighted by molar-refractivity contribution is -0.117. The fourth-order valence-electron chi connectivity index (χ4n) is 4.48. The standard InChI is InChI=1S/C26H28N4O3/c1-16-13-25(28-21-8-10-22(29-33)11-9-21)24-15-20(7-12-26(24)30(16)18(3)32)19-5-4-6-23(14-19)27-17(2)31/h4-12,14-16,25,28-29,33H,13H2,1-3H3,(H,27,31)/t16-,25+/m0/s1. The number of nitrogens with one attached hydrogen (secondary N) is 3. The number of nitrogens with zero attached hydrogens (tertiary/aromatic N) is 1. The summed E-state index contributed by atoms with van der Waals surface area (Å²) in [5.41, 5.74) is 8.34. The van der Waals surface area contributed by atoms with Gasteiger partial charge in [0.05, 0.1) is 11.7 Å². The minimum atomic E-state index is -0.115. The Balaban J connectivity index is 1.73. The van der Waals surface area contributed by atoms with Gasteiger partial charge in [-0.15, -0.1) is 0 Å². The van der Waals surface area contributed by atoms with E-state index in [1.807, 2.05) is 53.4 Å². The summed E-state index contributed by atoms with van der Waals surface area (Å²) in [7, 11) is 0. The zero-order valence-electron chi connectivity index (χ0n) is 18.9. The van der Waals surface area contributed by atoms with Crippen LogP contribution in [0.4, 0.5) is 22.7 Å². The van der Waals surface area contributed by atoms with Crippen molar-refractivity contribution in [3.05, 3.63) is 72.3 Å². The Morgan fingerprint density at radius 1 is 0.909 bits per heavy atom. The molecule has 33 heavy (non-hydrogen) atoms. The zero-order valence-corrected chi connectivity index (χ0v) is 18.9. The van der Waals surface area contributed by atoms with Crippen molar-refractivity contribution in [2.45, 2.75) is 39.3 Å². The second kappa shape index (κ2) is 9.34. The number of fused-ring (bicyclic) bond motifs is 1. The number of anilines is 4. The van der Waals surface area contributed by atoms with Crippen molar-refractivity contribution in [2.75, 3.05) is 21.0 Å². The van der Waals surface area contributed by atoms with Crippen molar-refractivity contribution >= 4 is 34.6 Å². The van der Waals surface area contributed by atoms with Gasteiger partial charge in [-0.2, -0.15) is 0 Å². The van der Waals surface area contributed by atoms with E-state index in [0.29, 0.717) is 5.69 Å². The summed E-state index contributed by atoms with van der Waals surface area (Å²) >= 11 is 0. The Hall–Kier alpha value is -3.84. The minimum Gasteiger partial charge on any atom is -0.378 e. The fraction of sp³-hybridized carbons (Fsp3) is 0.231. The van der Waals surface area contributed by atoms with E-state index < -0.39 is 0 Å². The number of benzene rings is 3. The number of amides is 2. The Morgan fingerprint density at radius 3 is 2.27 bits per heavy atom. The lowest BCUT2D eigenvalue weighted by Gasteiger charge is -2.39. The van der Waals surface area contributed by atoms with Gasteiger partial charge < -0.3 is 15.5 Å². The van der Waals surface area contributed by atoms with E-state index in [1.165, 1.54) is 6.92 Å². The minimum absolute atomic E-state index is 0.00277. The molecule has 3 aromatic carbocycles. The molecule has 0 spiro atoms. The van der Waals surface area contributed by atoms with E-state index in [0.717, 1.165) is 40.2 Å². The van der Waals surface area contributed by atoms with Gasteiger partial charge >= 0.3 is 0 Å². The van der Waals surface area contributed by atoms with E-state index in [9.17, 15) is 9.59 Å². The van der Waals surface area contributed by atoms with Crippen molar-refractivity contribution in [2.24, 2.45) is 0 Å². The third-order valence-corrected chi connectivity index (χ3v) is 5.89. The highest BCUT2D eigenvalue weighted by Gasteiger charge is 2.32. The van der Waals surface area contributed by atoms with Crippen LogP contribution < -0.4 is 21.0 Å². The van der Waals surface area contributed by atoms with Crippen LogP contribution in [0.25, 0.3) is 11.1 Å². The highest BCUT2D eigenvalue weighted by atomic mass is 16.5. The molecule has 7 heteroatoms. The summed E-state index contributed by atoms with van der Waals surface area (Å²) in [4.78, 5) is 25.8. The molecule has 0 unspecified atom stereocenters. The molecule has 3 aromatic rings. The van der Waals surface area contributed by atoms with Crippen molar-refractivity contribution < 1.29 is 14.8 Å². The summed E-state index contributed by atoms with van der Waals surface area (Å²) in [6, 6.07) is 21.3. The van der Waals surface area contributed by atoms with Gasteiger partial charge in [0.1, 0.15) is 0 Å². The summed E-state index contributed by atoms with van der Waals surface area (Å²) in [6.07, 6.45) is 0.752. The van der Waals surface area contributed by atoms with Gasteiger partial charge in [-0.05, 0) is 78.6 Å². The molecule has 0 bridgehead atoms. The van der Waals surface area contributed by atoms with Crippen molar-refractivity contribution in [3.63, 3.8) is 0 Å². The number of hydrogen-bond acceptors (Lipinski definition) is 5. The molecule has 0 aromatic heterocycles. The summed E-state index contributed by atoms with van der Waals surface area (Å²) in [6.45, 7) is 5.14. The molecule has 1 heterocycles. The first kappa shape index (κ1) is 22.4. The van der Waals surface area contributed by atoms with Crippen LogP contribution in [0.3, 0.4) is 0 Å². The van der Waals surface area contributed by atoms with Gasteiger partial charge in [-0.25, -0.2) is 0 Å². The second-order valence-electron chi connectivity index (χ2n) is 8.40. The molecule has 1 aliphatic heterocycles. The average molecular weight is 445 g/mol.